The van der Waals surface area contributed by atoms with Gasteiger partial charge in [-0.2, -0.15) is 0 Å². The highest BCUT2D eigenvalue weighted by atomic mass is 19.1. The Labute approximate surface area is 153 Å². The van der Waals surface area contributed by atoms with E-state index in [0.717, 1.165) is 0 Å². The van der Waals surface area contributed by atoms with Gasteiger partial charge in [-0.15, -0.1) is 0 Å². The van der Waals surface area contributed by atoms with Crippen molar-refractivity contribution >= 4 is 11.7 Å². The van der Waals surface area contributed by atoms with E-state index in [1.165, 1.54) is 43.2 Å². The fraction of sp³-hybridized carbons (Fsp3) is 0. The normalized spacial score (nSPS) is 10.6. The average Bonchev–Trinajstić information content (AvgIpc) is 3.24. The Morgan fingerprint density at radius 2 is 1.85 bits per heavy atom. The number of amides is 1. The highest BCUT2D eigenvalue weighted by Crippen LogP contribution is 2.30. The number of benzene rings is 1. The zero-order valence-corrected chi connectivity index (χ0v) is 13.8. The predicted octanol–water partition coefficient (Wildman–Crippen LogP) is 3.59. The van der Waals surface area contributed by atoms with Crippen LogP contribution in [0.1, 0.15) is 10.5 Å². The first-order valence-corrected chi connectivity index (χ1v) is 7.95. The second-order valence-corrected chi connectivity index (χ2v) is 5.48. The number of furan rings is 1. The lowest BCUT2D eigenvalue weighted by molar-refractivity contribution is 0.102. The minimum atomic E-state index is -0.461. The van der Waals surface area contributed by atoms with Crippen molar-refractivity contribution < 1.29 is 13.6 Å². The molecule has 8 heteroatoms. The Morgan fingerprint density at radius 1 is 1.00 bits per heavy atom. The molecule has 0 saturated carbocycles. The molecule has 0 bridgehead atoms. The lowest BCUT2D eigenvalue weighted by Gasteiger charge is -2.09. The van der Waals surface area contributed by atoms with Crippen LogP contribution in [0.3, 0.4) is 0 Å². The summed E-state index contributed by atoms with van der Waals surface area (Å²) < 4.78 is 18.7. The van der Waals surface area contributed by atoms with Crippen LogP contribution in [0.5, 0.6) is 0 Å². The molecule has 0 aliphatic carbocycles. The molecule has 0 aliphatic rings. The zero-order valence-electron chi connectivity index (χ0n) is 13.8. The van der Waals surface area contributed by atoms with Crippen LogP contribution in [-0.2, 0) is 0 Å². The van der Waals surface area contributed by atoms with Gasteiger partial charge in [0.2, 0.25) is 0 Å². The van der Waals surface area contributed by atoms with Gasteiger partial charge >= 0.3 is 0 Å². The van der Waals surface area contributed by atoms with E-state index in [-0.39, 0.29) is 17.3 Å². The Bertz CT molecular complexity index is 1070. The SMILES string of the molecule is O=C(Nc1cnc(-c2ccc(F)cc2)c(-c2ccco2)n1)c1cnccn1. The minimum Gasteiger partial charge on any atom is -0.463 e. The van der Waals surface area contributed by atoms with Gasteiger partial charge in [0.15, 0.2) is 11.6 Å². The van der Waals surface area contributed by atoms with Crippen molar-refractivity contribution in [2.75, 3.05) is 5.32 Å². The molecule has 0 radical (unpaired) electrons. The number of anilines is 1. The van der Waals surface area contributed by atoms with Crippen molar-refractivity contribution in [3.8, 4) is 22.7 Å². The maximum Gasteiger partial charge on any atom is 0.277 e. The fourth-order valence-electron chi connectivity index (χ4n) is 2.45. The van der Waals surface area contributed by atoms with E-state index in [1.807, 2.05) is 0 Å². The number of nitrogens with one attached hydrogen (secondary N) is 1. The second-order valence-electron chi connectivity index (χ2n) is 5.48. The lowest BCUT2D eigenvalue weighted by Crippen LogP contribution is -2.15. The number of hydrogen-bond donors (Lipinski definition) is 1. The van der Waals surface area contributed by atoms with Gasteiger partial charge in [-0.1, -0.05) is 0 Å². The summed E-state index contributed by atoms with van der Waals surface area (Å²) in [4.78, 5) is 28.9. The summed E-state index contributed by atoms with van der Waals surface area (Å²) in [5, 5.41) is 2.63. The van der Waals surface area contributed by atoms with Crippen molar-refractivity contribution in [1.82, 2.24) is 19.9 Å². The van der Waals surface area contributed by atoms with Crippen LogP contribution >= 0.6 is 0 Å². The van der Waals surface area contributed by atoms with Gasteiger partial charge in [0.05, 0.1) is 24.4 Å². The molecule has 0 aliphatic heterocycles. The molecule has 3 heterocycles. The smallest absolute Gasteiger partial charge is 0.277 e. The highest BCUT2D eigenvalue weighted by molar-refractivity contribution is 6.02. The predicted molar refractivity (Wildman–Crippen MR) is 95.1 cm³/mol. The van der Waals surface area contributed by atoms with Crippen LogP contribution in [-0.4, -0.2) is 25.8 Å². The van der Waals surface area contributed by atoms with Crippen molar-refractivity contribution in [2.45, 2.75) is 0 Å². The molecule has 7 nitrogen and oxygen atoms in total. The van der Waals surface area contributed by atoms with E-state index in [4.69, 9.17) is 4.42 Å². The molecule has 132 valence electrons. The van der Waals surface area contributed by atoms with Gasteiger partial charge < -0.3 is 9.73 Å². The van der Waals surface area contributed by atoms with Crippen LogP contribution in [0.15, 0.2) is 71.9 Å². The lowest BCUT2D eigenvalue weighted by atomic mass is 10.1. The Morgan fingerprint density at radius 3 is 2.56 bits per heavy atom. The first-order chi connectivity index (χ1) is 13.2. The van der Waals surface area contributed by atoms with Crippen LogP contribution in [0.4, 0.5) is 10.2 Å². The molecular formula is C19H12FN5O2. The van der Waals surface area contributed by atoms with E-state index >= 15 is 0 Å². The Kier molecular flexibility index (Phi) is 4.36. The van der Waals surface area contributed by atoms with Gasteiger partial charge in [-0.3, -0.25) is 9.78 Å². The molecule has 1 amide bonds. The van der Waals surface area contributed by atoms with Gasteiger partial charge in [-0.25, -0.2) is 19.3 Å². The van der Waals surface area contributed by atoms with Gasteiger partial charge in [0.25, 0.3) is 5.91 Å². The third kappa shape index (κ3) is 3.54. The molecule has 0 atom stereocenters. The van der Waals surface area contributed by atoms with E-state index in [0.29, 0.717) is 22.7 Å². The molecule has 4 rings (SSSR count). The number of carbonyl (C=O) groups is 1. The number of halogens is 1. The summed E-state index contributed by atoms with van der Waals surface area (Å²) in [6, 6.07) is 9.33. The van der Waals surface area contributed by atoms with Crippen LogP contribution in [0.2, 0.25) is 0 Å². The summed E-state index contributed by atoms with van der Waals surface area (Å²) in [5.41, 5.74) is 1.74. The van der Waals surface area contributed by atoms with Gasteiger partial charge in [0.1, 0.15) is 17.2 Å². The molecule has 1 N–H and O–H groups in total. The van der Waals surface area contributed by atoms with Crippen molar-refractivity contribution in [2.24, 2.45) is 0 Å². The molecule has 27 heavy (non-hydrogen) atoms. The molecule has 4 aromatic rings. The summed E-state index contributed by atoms with van der Waals surface area (Å²) in [5.74, 6) is -0.114. The highest BCUT2D eigenvalue weighted by Gasteiger charge is 2.16. The van der Waals surface area contributed by atoms with E-state index < -0.39 is 5.91 Å². The summed E-state index contributed by atoms with van der Waals surface area (Å²) >= 11 is 0. The van der Waals surface area contributed by atoms with Crippen LogP contribution in [0.25, 0.3) is 22.7 Å². The maximum absolute atomic E-state index is 13.2. The van der Waals surface area contributed by atoms with Gasteiger partial charge in [0, 0.05) is 18.0 Å². The monoisotopic (exact) mass is 361 g/mol. The molecular weight excluding hydrogens is 349 g/mol. The van der Waals surface area contributed by atoms with E-state index in [1.54, 1.807) is 24.3 Å². The second kappa shape index (κ2) is 7.12. The standard InChI is InChI=1S/C19H12FN5O2/c20-13-5-3-12(4-6-13)17-18(15-2-1-9-27-15)24-16(11-23-17)25-19(26)14-10-21-7-8-22-14/h1-11H,(H,24,25,26). The molecule has 0 saturated heterocycles. The Balaban J connectivity index is 1.72. The number of aromatic nitrogens is 4. The fourth-order valence-corrected chi connectivity index (χ4v) is 2.45. The van der Waals surface area contributed by atoms with E-state index in [2.05, 4.69) is 25.3 Å². The molecule has 0 spiro atoms. The molecule has 1 aromatic carbocycles. The largest absolute Gasteiger partial charge is 0.463 e. The summed E-state index contributed by atoms with van der Waals surface area (Å²) in [6.45, 7) is 0. The quantitative estimate of drug-likeness (QED) is 0.597. The minimum absolute atomic E-state index is 0.154. The third-order valence-electron chi connectivity index (χ3n) is 3.68. The van der Waals surface area contributed by atoms with Gasteiger partial charge in [-0.05, 0) is 36.4 Å². The van der Waals surface area contributed by atoms with Crippen LogP contribution < -0.4 is 5.32 Å². The summed E-state index contributed by atoms with van der Waals surface area (Å²) in [6.07, 6.45) is 7.17. The van der Waals surface area contributed by atoms with Crippen molar-refractivity contribution in [3.05, 3.63) is 79.0 Å². The zero-order chi connectivity index (χ0) is 18.6. The first kappa shape index (κ1) is 16.5. The van der Waals surface area contributed by atoms with Crippen molar-refractivity contribution in [3.63, 3.8) is 0 Å². The molecule has 3 aromatic heterocycles. The number of carbonyl (C=O) groups excluding carboxylic acids is 1. The third-order valence-corrected chi connectivity index (χ3v) is 3.68. The summed E-state index contributed by atoms with van der Waals surface area (Å²) in [7, 11) is 0. The van der Waals surface area contributed by atoms with E-state index in [9.17, 15) is 9.18 Å². The first-order valence-electron chi connectivity index (χ1n) is 7.95. The maximum atomic E-state index is 13.2. The van der Waals surface area contributed by atoms with Crippen molar-refractivity contribution in [1.29, 1.82) is 0 Å². The topological polar surface area (TPSA) is 93.8 Å². The average molecular weight is 361 g/mol. The number of nitrogens with zero attached hydrogens (tertiary/aromatic N) is 4. The molecule has 0 unspecified atom stereocenters. The molecule has 0 fully saturated rings. The Hall–Kier alpha value is -3.94. The number of rotatable bonds is 4. The number of hydrogen-bond acceptors (Lipinski definition) is 6. The van der Waals surface area contributed by atoms with Crippen LogP contribution in [0, 0.1) is 5.82 Å².